The third-order valence-electron chi connectivity index (χ3n) is 2.93. The number of carbonyl (C=O) groups excluding carboxylic acids is 1. The molecular formula is C14H18INO3. The van der Waals surface area contributed by atoms with Gasteiger partial charge in [0.2, 0.25) is 0 Å². The fourth-order valence-electron chi connectivity index (χ4n) is 2.17. The summed E-state index contributed by atoms with van der Waals surface area (Å²) in [6.45, 7) is 5.32. The number of ether oxygens (including phenoxy) is 2. The fourth-order valence-corrected chi connectivity index (χ4v) is 2.69. The van der Waals surface area contributed by atoms with Crippen LogP contribution in [0.15, 0.2) is 24.3 Å². The van der Waals surface area contributed by atoms with Crippen LogP contribution in [0, 0.1) is 3.57 Å². The minimum absolute atomic E-state index is 0.0147. The number of morpholine rings is 1. The monoisotopic (exact) mass is 375 g/mol. The summed E-state index contributed by atoms with van der Waals surface area (Å²) in [6.07, 6.45) is 0.177. The highest BCUT2D eigenvalue weighted by Crippen LogP contribution is 2.15. The lowest BCUT2D eigenvalue weighted by atomic mass is 10.2. The van der Waals surface area contributed by atoms with Gasteiger partial charge in [0.25, 0.3) is 5.91 Å². The predicted molar refractivity (Wildman–Crippen MR) is 81.2 cm³/mol. The van der Waals surface area contributed by atoms with Crippen molar-refractivity contribution in [3.8, 4) is 5.75 Å². The largest absolute Gasteiger partial charge is 0.484 e. The highest BCUT2D eigenvalue weighted by Gasteiger charge is 2.25. The summed E-state index contributed by atoms with van der Waals surface area (Å²) >= 11 is 2.22. The molecule has 0 bridgehead atoms. The van der Waals surface area contributed by atoms with E-state index in [1.165, 1.54) is 0 Å². The van der Waals surface area contributed by atoms with Gasteiger partial charge >= 0.3 is 0 Å². The van der Waals surface area contributed by atoms with Gasteiger partial charge in [-0.25, -0.2) is 0 Å². The molecular weight excluding hydrogens is 357 g/mol. The van der Waals surface area contributed by atoms with Crippen molar-refractivity contribution in [1.82, 2.24) is 4.90 Å². The number of rotatable bonds is 3. The van der Waals surface area contributed by atoms with Crippen molar-refractivity contribution in [2.75, 3.05) is 19.7 Å². The molecule has 0 N–H and O–H groups in total. The number of hydrogen-bond donors (Lipinski definition) is 0. The second-order valence-electron chi connectivity index (χ2n) is 4.80. The van der Waals surface area contributed by atoms with Crippen LogP contribution in [0.4, 0.5) is 0 Å². The van der Waals surface area contributed by atoms with Gasteiger partial charge < -0.3 is 14.4 Å². The zero-order valence-corrected chi connectivity index (χ0v) is 13.3. The van der Waals surface area contributed by atoms with Crippen LogP contribution in [0.25, 0.3) is 0 Å². The number of carbonyl (C=O) groups is 1. The van der Waals surface area contributed by atoms with Crippen molar-refractivity contribution in [2.24, 2.45) is 0 Å². The van der Waals surface area contributed by atoms with Crippen LogP contribution in [-0.4, -0.2) is 42.7 Å². The molecule has 5 heteroatoms. The molecule has 1 saturated heterocycles. The fraction of sp³-hybridized carbons (Fsp3) is 0.500. The van der Waals surface area contributed by atoms with Crippen molar-refractivity contribution in [3.63, 3.8) is 0 Å². The van der Waals surface area contributed by atoms with Crippen molar-refractivity contribution in [3.05, 3.63) is 27.8 Å². The second kappa shape index (κ2) is 6.56. The number of halogens is 1. The van der Waals surface area contributed by atoms with Crippen molar-refractivity contribution in [2.45, 2.75) is 26.1 Å². The van der Waals surface area contributed by atoms with Gasteiger partial charge in [-0.2, -0.15) is 0 Å². The van der Waals surface area contributed by atoms with Gasteiger partial charge in [-0.05, 0) is 54.6 Å². The topological polar surface area (TPSA) is 38.8 Å². The van der Waals surface area contributed by atoms with Gasteiger partial charge in [-0.15, -0.1) is 0 Å². The normalized spacial score (nSPS) is 23.2. The lowest BCUT2D eigenvalue weighted by molar-refractivity contribution is -0.145. The number of nitrogens with zero attached hydrogens (tertiary/aromatic N) is 1. The Morgan fingerprint density at radius 2 is 2.11 bits per heavy atom. The molecule has 1 fully saturated rings. The SMILES string of the molecule is CC1CN(C(=O)COc2cccc(I)c2)CC(C)O1. The zero-order chi connectivity index (χ0) is 13.8. The quantitative estimate of drug-likeness (QED) is 0.762. The van der Waals surface area contributed by atoms with Gasteiger partial charge in [0.05, 0.1) is 12.2 Å². The molecule has 1 heterocycles. The van der Waals surface area contributed by atoms with Crippen LogP contribution >= 0.6 is 22.6 Å². The molecule has 2 atom stereocenters. The second-order valence-corrected chi connectivity index (χ2v) is 6.05. The minimum atomic E-state index is 0.0147. The molecule has 19 heavy (non-hydrogen) atoms. The Hall–Kier alpha value is -0.820. The zero-order valence-electron chi connectivity index (χ0n) is 11.1. The van der Waals surface area contributed by atoms with E-state index in [2.05, 4.69) is 22.6 Å². The van der Waals surface area contributed by atoms with E-state index in [9.17, 15) is 4.79 Å². The Bertz CT molecular complexity index is 442. The molecule has 0 aliphatic carbocycles. The van der Waals surface area contributed by atoms with Crippen molar-refractivity contribution >= 4 is 28.5 Å². The summed E-state index contributed by atoms with van der Waals surface area (Å²) in [5, 5.41) is 0. The summed E-state index contributed by atoms with van der Waals surface area (Å²) in [5.41, 5.74) is 0. The summed E-state index contributed by atoms with van der Waals surface area (Å²) in [7, 11) is 0. The van der Waals surface area contributed by atoms with E-state index < -0.39 is 0 Å². The van der Waals surface area contributed by atoms with Gasteiger partial charge in [-0.1, -0.05) is 6.07 Å². The average Bonchev–Trinajstić information content (AvgIpc) is 2.35. The first kappa shape index (κ1) is 14.6. The summed E-state index contributed by atoms with van der Waals surface area (Å²) in [6, 6.07) is 7.68. The summed E-state index contributed by atoms with van der Waals surface area (Å²) < 4.78 is 12.2. The van der Waals surface area contributed by atoms with E-state index in [0.717, 1.165) is 9.32 Å². The molecule has 2 unspecified atom stereocenters. The number of benzene rings is 1. The van der Waals surface area contributed by atoms with Crippen molar-refractivity contribution < 1.29 is 14.3 Å². The van der Waals surface area contributed by atoms with E-state index >= 15 is 0 Å². The molecule has 4 nitrogen and oxygen atoms in total. The van der Waals surface area contributed by atoms with E-state index in [4.69, 9.17) is 9.47 Å². The van der Waals surface area contributed by atoms with Crippen LogP contribution in [0.3, 0.4) is 0 Å². The Morgan fingerprint density at radius 3 is 2.74 bits per heavy atom. The van der Waals surface area contributed by atoms with Crippen LogP contribution < -0.4 is 4.74 Å². The molecule has 0 radical (unpaired) electrons. The summed E-state index contributed by atoms with van der Waals surface area (Å²) in [5.74, 6) is 0.746. The lowest BCUT2D eigenvalue weighted by Crippen LogP contribution is -2.49. The minimum Gasteiger partial charge on any atom is -0.484 e. The maximum absolute atomic E-state index is 12.1. The van der Waals surface area contributed by atoms with Gasteiger partial charge in [0.1, 0.15) is 5.75 Å². The molecule has 104 valence electrons. The molecule has 1 aromatic carbocycles. The molecule has 1 aliphatic rings. The Kier molecular flexibility index (Phi) is 5.04. The van der Waals surface area contributed by atoms with E-state index in [1.54, 1.807) is 0 Å². The molecule has 1 aromatic rings. The lowest BCUT2D eigenvalue weighted by Gasteiger charge is -2.35. The molecule has 0 spiro atoms. The van der Waals surface area contributed by atoms with Crippen molar-refractivity contribution in [1.29, 1.82) is 0 Å². The smallest absolute Gasteiger partial charge is 0.260 e. The van der Waals surface area contributed by atoms with Crippen LogP contribution in [-0.2, 0) is 9.53 Å². The highest BCUT2D eigenvalue weighted by atomic mass is 127. The Labute approximate surface area is 127 Å². The van der Waals surface area contributed by atoms with Crippen LogP contribution in [0.1, 0.15) is 13.8 Å². The summed E-state index contributed by atoms with van der Waals surface area (Å²) in [4.78, 5) is 13.9. The van der Waals surface area contributed by atoms with Gasteiger partial charge in [0.15, 0.2) is 6.61 Å². The molecule has 1 amide bonds. The first-order valence-corrected chi connectivity index (χ1v) is 7.44. The number of hydrogen-bond acceptors (Lipinski definition) is 3. The third kappa shape index (κ3) is 4.35. The number of amides is 1. The van der Waals surface area contributed by atoms with Gasteiger partial charge in [-0.3, -0.25) is 4.79 Å². The standard InChI is InChI=1S/C14H18INO3/c1-10-7-16(8-11(2)19-10)14(17)9-18-13-5-3-4-12(15)6-13/h3-6,10-11H,7-9H2,1-2H3. The maximum Gasteiger partial charge on any atom is 0.260 e. The average molecular weight is 375 g/mol. The first-order valence-electron chi connectivity index (χ1n) is 6.36. The van der Waals surface area contributed by atoms with Crippen LogP contribution in [0.2, 0.25) is 0 Å². The maximum atomic E-state index is 12.1. The van der Waals surface area contributed by atoms with E-state index in [0.29, 0.717) is 13.1 Å². The molecule has 0 aromatic heterocycles. The predicted octanol–water partition coefficient (Wildman–Crippen LogP) is 2.31. The molecule has 0 saturated carbocycles. The van der Waals surface area contributed by atoms with E-state index in [1.807, 2.05) is 43.0 Å². The highest BCUT2D eigenvalue weighted by molar-refractivity contribution is 14.1. The van der Waals surface area contributed by atoms with Crippen LogP contribution in [0.5, 0.6) is 5.75 Å². The van der Waals surface area contributed by atoms with E-state index in [-0.39, 0.29) is 24.7 Å². The molecule has 1 aliphatic heterocycles. The Balaban J connectivity index is 1.87. The Morgan fingerprint density at radius 1 is 1.42 bits per heavy atom. The van der Waals surface area contributed by atoms with Gasteiger partial charge in [0, 0.05) is 16.7 Å². The first-order chi connectivity index (χ1) is 9.04. The third-order valence-corrected chi connectivity index (χ3v) is 3.60. The molecule has 2 rings (SSSR count).